The fourth-order valence-electron chi connectivity index (χ4n) is 3.27. The van der Waals surface area contributed by atoms with Gasteiger partial charge in [-0.25, -0.2) is 4.39 Å². The molecule has 0 radical (unpaired) electrons. The van der Waals surface area contributed by atoms with Gasteiger partial charge in [-0.3, -0.25) is 0 Å². The van der Waals surface area contributed by atoms with E-state index in [1.807, 2.05) is 0 Å². The molecule has 7 heteroatoms. The van der Waals surface area contributed by atoms with Crippen molar-refractivity contribution in [2.45, 2.75) is 46.1 Å². The van der Waals surface area contributed by atoms with Crippen LogP contribution in [0.25, 0.3) is 0 Å². The van der Waals surface area contributed by atoms with E-state index in [0.717, 1.165) is 31.4 Å². The van der Waals surface area contributed by atoms with Gasteiger partial charge in [-0.2, -0.15) is 0 Å². The molecule has 1 fully saturated rings. The quantitative estimate of drug-likeness (QED) is 0.590. The zero-order valence-electron chi connectivity index (χ0n) is 14.2. The number of rotatable bonds is 4. The van der Waals surface area contributed by atoms with Gasteiger partial charge in [-0.1, -0.05) is 32.7 Å². The molecule has 0 N–H and O–H groups in total. The molecule has 0 unspecified atom stereocenters. The van der Waals surface area contributed by atoms with Gasteiger partial charge < -0.3 is 17.7 Å². The van der Waals surface area contributed by atoms with E-state index in [9.17, 15) is 17.3 Å². The summed E-state index contributed by atoms with van der Waals surface area (Å²) in [6.45, 7) is 0.962. The first-order valence-electron chi connectivity index (χ1n) is 7.84. The minimum absolute atomic E-state index is 0. The van der Waals surface area contributed by atoms with Crippen molar-refractivity contribution in [3.05, 3.63) is 24.0 Å². The molecule has 1 saturated carbocycles. The van der Waals surface area contributed by atoms with Crippen molar-refractivity contribution < 1.29 is 73.5 Å². The van der Waals surface area contributed by atoms with Gasteiger partial charge in [-0.05, 0) is 48.8 Å². The van der Waals surface area contributed by atoms with Gasteiger partial charge in [0.25, 0.3) is 0 Å². The summed E-state index contributed by atoms with van der Waals surface area (Å²) in [5, 5.41) is 0. The van der Waals surface area contributed by atoms with E-state index in [1.165, 1.54) is 6.07 Å². The summed E-state index contributed by atoms with van der Waals surface area (Å²) >= 11 is 0. The maximum Gasteiger partial charge on any atom is 1.00 e. The summed E-state index contributed by atoms with van der Waals surface area (Å²) < 4.78 is 57.7. The second kappa shape index (κ2) is 8.70. The SMILES string of the molecule is CC(C)[C@@H]1CC[C@@H](C)C[C@H]1Oc1ccc(F)c([B-](F)(F)F)c1.[K+]. The van der Waals surface area contributed by atoms with Gasteiger partial charge in [0.15, 0.2) is 0 Å². The van der Waals surface area contributed by atoms with Crippen LogP contribution in [0, 0.1) is 23.6 Å². The Kier molecular flexibility index (Phi) is 8.12. The number of halogens is 4. The third-order valence-electron chi connectivity index (χ3n) is 4.57. The average Bonchev–Trinajstić information content (AvgIpc) is 2.39. The number of ether oxygens (including phenoxy) is 1. The second-order valence-electron chi connectivity index (χ2n) is 6.74. The topological polar surface area (TPSA) is 9.23 Å². The van der Waals surface area contributed by atoms with E-state index in [2.05, 4.69) is 20.8 Å². The summed E-state index contributed by atoms with van der Waals surface area (Å²) in [6.07, 6.45) is 2.85. The smallest absolute Gasteiger partial charge is 0.490 e. The van der Waals surface area contributed by atoms with E-state index in [1.54, 1.807) is 0 Å². The van der Waals surface area contributed by atoms with Crippen LogP contribution in [0.5, 0.6) is 5.75 Å². The standard InChI is InChI=1S/C16H22BF4O.K/c1-10(2)13-6-4-11(3)8-16(13)22-12-5-7-15(18)14(9-12)17(19,20)21;/h5,7,9-11,13,16H,4,6,8H2,1-3H3;/q-1;+1/t11-,13+,16-;/m1./s1. The van der Waals surface area contributed by atoms with E-state index < -0.39 is 18.3 Å². The predicted molar refractivity (Wildman–Crippen MR) is 80.9 cm³/mol. The first-order chi connectivity index (χ1) is 10.2. The largest absolute Gasteiger partial charge is 1.00 e. The van der Waals surface area contributed by atoms with Gasteiger partial charge >= 0.3 is 58.4 Å². The van der Waals surface area contributed by atoms with Gasteiger partial charge in [0.05, 0.1) is 5.82 Å². The molecule has 0 aliphatic heterocycles. The van der Waals surface area contributed by atoms with Crippen molar-refractivity contribution in [1.82, 2.24) is 0 Å². The summed E-state index contributed by atoms with van der Waals surface area (Å²) in [4.78, 5) is 0. The van der Waals surface area contributed by atoms with Gasteiger partial charge in [0.2, 0.25) is 0 Å². The van der Waals surface area contributed by atoms with Crippen LogP contribution in [0.2, 0.25) is 0 Å². The molecule has 0 spiro atoms. The molecule has 23 heavy (non-hydrogen) atoms. The van der Waals surface area contributed by atoms with Gasteiger partial charge in [0.1, 0.15) is 11.9 Å². The van der Waals surface area contributed by atoms with Crippen LogP contribution in [0.1, 0.15) is 40.0 Å². The molecule has 0 heterocycles. The van der Waals surface area contributed by atoms with Crippen molar-refractivity contribution in [1.29, 1.82) is 0 Å². The van der Waals surface area contributed by atoms with Crippen molar-refractivity contribution >= 4 is 12.4 Å². The van der Waals surface area contributed by atoms with Crippen LogP contribution in [0.15, 0.2) is 18.2 Å². The van der Waals surface area contributed by atoms with Crippen molar-refractivity contribution in [3.63, 3.8) is 0 Å². The van der Waals surface area contributed by atoms with Crippen LogP contribution < -0.4 is 61.6 Å². The fourth-order valence-corrected chi connectivity index (χ4v) is 3.27. The molecule has 2 rings (SSSR count). The average molecular weight is 356 g/mol. The molecule has 1 nitrogen and oxygen atoms in total. The molecule has 1 aromatic carbocycles. The maximum absolute atomic E-state index is 13.4. The van der Waals surface area contributed by atoms with Gasteiger partial charge in [0, 0.05) is 0 Å². The zero-order chi connectivity index (χ0) is 16.5. The number of benzene rings is 1. The summed E-state index contributed by atoms with van der Waals surface area (Å²) in [5.41, 5.74) is -1.21. The summed E-state index contributed by atoms with van der Waals surface area (Å²) in [6, 6.07) is 2.93. The minimum atomic E-state index is -5.37. The third kappa shape index (κ3) is 5.73. The van der Waals surface area contributed by atoms with Crippen LogP contribution in [-0.4, -0.2) is 13.1 Å². The first-order valence-corrected chi connectivity index (χ1v) is 7.84. The maximum atomic E-state index is 13.4. The Morgan fingerprint density at radius 2 is 1.83 bits per heavy atom. The molecule has 0 bridgehead atoms. The van der Waals surface area contributed by atoms with Crippen LogP contribution in [0.3, 0.4) is 0 Å². The Labute approximate surface area is 178 Å². The Morgan fingerprint density at radius 3 is 2.39 bits per heavy atom. The van der Waals surface area contributed by atoms with Crippen molar-refractivity contribution in [2.24, 2.45) is 17.8 Å². The van der Waals surface area contributed by atoms with Crippen molar-refractivity contribution in [2.75, 3.05) is 0 Å². The fraction of sp³-hybridized carbons (Fsp3) is 0.625. The molecule has 0 amide bonds. The van der Waals surface area contributed by atoms with Crippen molar-refractivity contribution in [3.8, 4) is 5.75 Å². The zero-order valence-corrected chi connectivity index (χ0v) is 17.3. The van der Waals surface area contributed by atoms with Crippen LogP contribution in [-0.2, 0) is 0 Å². The van der Waals surface area contributed by atoms with E-state index >= 15 is 0 Å². The molecular formula is C16H22BF4KO. The summed E-state index contributed by atoms with van der Waals surface area (Å²) in [5.74, 6) is 0.0923. The normalized spacial score (nSPS) is 25.1. The second-order valence-corrected chi connectivity index (χ2v) is 6.74. The first kappa shape index (κ1) is 21.5. The molecular weight excluding hydrogens is 334 g/mol. The van der Waals surface area contributed by atoms with E-state index in [4.69, 9.17) is 4.74 Å². The molecule has 1 aromatic rings. The Balaban J connectivity index is 0.00000264. The molecule has 1 aliphatic carbocycles. The summed E-state index contributed by atoms with van der Waals surface area (Å²) in [7, 11) is 0. The Hall–Kier alpha value is 0.441. The van der Waals surface area contributed by atoms with Crippen LogP contribution in [0.4, 0.5) is 17.3 Å². The molecule has 1 aliphatic rings. The van der Waals surface area contributed by atoms with E-state index in [0.29, 0.717) is 17.8 Å². The monoisotopic (exact) mass is 356 g/mol. The van der Waals surface area contributed by atoms with Crippen LogP contribution >= 0.6 is 0 Å². The Bertz CT molecular complexity index is 521. The molecule has 0 aromatic heterocycles. The van der Waals surface area contributed by atoms with Gasteiger partial charge in [-0.15, -0.1) is 0 Å². The number of hydrogen-bond acceptors (Lipinski definition) is 1. The minimum Gasteiger partial charge on any atom is -0.490 e. The molecule has 3 atom stereocenters. The predicted octanol–water partition coefficient (Wildman–Crippen LogP) is 1.72. The van der Waals surface area contributed by atoms with E-state index in [-0.39, 0.29) is 63.2 Å². The third-order valence-corrected chi connectivity index (χ3v) is 4.57. The molecule has 0 saturated heterocycles. The molecule has 124 valence electrons. The Morgan fingerprint density at radius 1 is 1.17 bits per heavy atom. The number of hydrogen-bond donors (Lipinski definition) is 0.